The summed E-state index contributed by atoms with van der Waals surface area (Å²) in [4.78, 5) is 0. The van der Waals surface area contributed by atoms with Crippen LogP contribution in [0.5, 0.6) is 11.5 Å². The summed E-state index contributed by atoms with van der Waals surface area (Å²) in [6.45, 7) is 2.12. The quantitative estimate of drug-likeness (QED) is 0.904. The van der Waals surface area contributed by atoms with Crippen molar-refractivity contribution in [2.45, 2.75) is 19.4 Å². The Balaban J connectivity index is 2.05. The summed E-state index contributed by atoms with van der Waals surface area (Å²) in [6, 6.07) is 3.44. The average Bonchev–Trinajstić information content (AvgIpc) is 2.46. The molecule has 0 atom stereocenters. The van der Waals surface area contributed by atoms with Gasteiger partial charge in [0.25, 0.3) is 0 Å². The van der Waals surface area contributed by atoms with Gasteiger partial charge in [-0.2, -0.15) is 0 Å². The van der Waals surface area contributed by atoms with Crippen molar-refractivity contribution >= 4 is 11.6 Å². The Hall–Kier alpha value is -0.970. The van der Waals surface area contributed by atoms with Gasteiger partial charge in [-0.15, -0.1) is 0 Å². The van der Waals surface area contributed by atoms with Crippen LogP contribution in [0.1, 0.15) is 18.4 Å². The molecule has 0 aromatic heterocycles. The predicted molar refractivity (Wildman–Crippen MR) is 73.0 cm³/mol. The molecule has 1 saturated heterocycles. The predicted octanol–water partition coefficient (Wildman–Crippen LogP) is 2.65. The fraction of sp³-hybridized carbons (Fsp3) is 0.571. The fourth-order valence-corrected chi connectivity index (χ4v) is 2.41. The molecule has 19 heavy (non-hydrogen) atoms. The zero-order chi connectivity index (χ0) is 13.7. The van der Waals surface area contributed by atoms with Crippen molar-refractivity contribution in [3.8, 4) is 11.5 Å². The monoisotopic (exact) mass is 286 g/mol. The summed E-state index contributed by atoms with van der Waals surface area (Å²) in [5.41, 5.74) is 0.709. The maximum absolute atomic E-state index is 9.14. The Morgan fingerprint density at radius 3 is 2.74 bits per heavy atom. The summed E-state index contributed by atoms with van der Waals surface area (Å²) in [7, 11) is 1.56. The van der Waals surface area contributed by atoms with Crippen LogP contribution in [0.25, 0.3) is 0 Å². The van der Waals surface area contributed by atoms with Crippen molar-refractivity contribution in [1.29, 1.82) is 0 Å². The van der Waals surface area contributed by atoms with E-state index in [1.807, 2.05) is 0 Å². The molecule has 0 saturated carbocycles. The Kier molecular flexibility index (Phi) is 5.31. The van der Waals surface area contributed by atoms with Gasteiger partial charge in [0.2, 0.25) is 0 Å². The topological polar surface area (TPSA) is 47.9 Å². The van der Waals surface area contributed by atoms with E-state index in [0.717, 1.165) is 26.1 Å². The first-order valence-corrected chi connectivity index (χ1v) is 6.80. The van der Waals surface area contributed by atoms with Gasteiger partial charge in [-0.1, -0.05) is 11.6 Å². The Morgan fingerprint density at radius 1 is 1.37 bits per heavy atom. The molecule has 1 aliphatic rings. The fourth-order valence-electron chi connectivity index (χ4n) is 2.12. The normalized spacial score (nSPS) is 16.4. The second kappa shape index (κ2) is 6.98. The zero-order valence-electron chi connectivity index (χ0n) is 11.0. The lowest BCUT2D eigenvalue weighted by Gasteiger charge is -2.23. The van der Waals surface area contributed by atoms with Gasteiger partial charge in [0.15, 0.2) is 11.5 Å². The third-order valence-electron chi connectivity index (χ3n) is 3.28. The van der Waals surface area contributed by atoms with Crippen molar-refractivity contribution in [3.63, 3.8) is 0 Å². The standard InChI is InChI=1S/C14H19ClO4/c1-17-13-7-11(8-16)6-12(15)14(13)19-9-10-2-4-18-5-3-10/h6-7,10,16H,2-5,8-9H2,1H3. The molecule has 106 valence electrons. The van der Waals surface area contributed by atoms with Crippen LogP contribution in [-0.2, 0) is 11.3 Å². The van der Waals surface area contributed by atoms with Crippen molar-refractivity contribution in [2.75, 3.05) is 26.9 Å². The Labute approximate surface area is 118 Å². The van der Waals surface area contributed by atoms with Gasteiger partial charge in [-0.05, 0) is 36.5 Å². The van der Waals surface area contributed by atoms with Crippen LogP contribution >= 0.6 is 11.6 Å². The summed E-state index contributed by atoms with van der Waals surface area (Å²) in [5.74, 6) is 1.60. The minimum absolute atomic E-state index is 0.0731. The molecule has 1 aromatic rings. The van der Waals surface area contributed by atoms with Crippen LogP contribution in [0.2, 0.25) is 5.02 Å². The Morgan fingerprint density at radius 2 is 2.11 bits per heavy atom. The molecule has 0 radical (unpaired) electrons. The van der Waals surface area contributed by atoms with E-state index in [0.29, 0.717) is 34.6 Å². The van der Waals surface area contributed by atoms with E-state index in [-0.39, 0.29) is 6.61 Å². The van der Waals surface area contributed by atoms with Gasteiger partial charge in [0.05, 0.1) is 25.3 Å². The molecule has 0 aliphatic carbocycles. The number of benzene rings is 1. The van der Waals surface area contributed by atoms with Crippen LogP contribution in [0.3, 0.4) is 0 Å². The second-order valence-corrected chi connectivity index (χ2v) is 5.04. The number of hydrogen-bond donors (Lipinski definition) is 1. The maximum atomic E-state index is 9.14. The van der Waals surface area contributed by atoms with Gasteiger partial charge in [-0.3, -0.25) is 0 Å². The van der Waals surface area contributed by atoms with Crippen LogP contribution in [0.4, 0.5) is 0 Å². The molecular weight excluding hydrogens is 268 g/mol. The van der Waals surface area contributed by atoms with Gasteiger partial charge in [0.1, 0.15) is 0 Å². The second-order valence-electron chi connectivity index (χ2n) is 4.63. The minimum Gasteiger partial charge on any atom is -0.493 e. The lowest BCUT2D eigenvalue weighted by Crippen LogP contribution is -2.21. The average molecular weight is 287 g/mol. The van der Waals surface area contributed by atoms with E-state index in [9.17, 15) is 0 Å². The number of aliphatic hydroxyl groups is 1. The van der Waals surface area contributed by atoms with Gasteiger partial charge in [-0.25, -0.2) is 0 Å². The van der Waals surface area contributed by atoms with Crippen molar-refractivity contribution in [2.24, 2.45) is 5.92 Å². The van der Waals surface area contributed by atoms with Crippen LogP contribution < -0.4 is 9.47 Å². The number of halogens is 1. The summed E-state index contributed by atoms with van der Waals surface area (Å²) >= 11 is 6.17. The number of ether oxygens (including phenoxy) is 3. The molecule has 4 nitrogen and oxygen atoms in total. The molecule has 0 spiro atoms. The summed E-state index contributed by atoms with van der Waals surface area (Å²) in [6.07, 6.45) is 2.02. The smallest absolute Gasteiger partial charge is 0.179 e. The number of hydrogen-bond acceptors (Lipinski definition) is 4. The lowest BCUT2D eigenvalue weighted by atomic mass is 10.0. The first-order chi connectivity index (χ1) is 9.24. The summed E-state index contributed by atoms with van der Waals surface area (Å²) in [5, 5.41) is 9.61. The number of aliphatic hydroxyl groups excluding tert-OH is 1. The van der Waals surface area contributed by atoms with Crippen molar-refractivity contribution in [3.05, 3.63) is 22.7 Å². The molecule has 5 heteroatoms. The lowest BCUT2D eigenvalue weighted by molar-refractivity contribution is 0.0493. The van der Waals surface area contributed by atoms with Crippen molar-refractivity contribution in [1.82, 2.24) is 0 Å². The highest BCUT2D eigenvalue weighted by Crippen LogP contribution is 2.37. The van der Waals surface area contributed by atoms with Crippen molar-refractivity contribution < 1.29 is 19.3 Å². The van der Waals surface area contributed by atoms with Crippen LogP contribution in [-0.4, -0.2) is 32.0 Å². The highest BCUT2D eigenvalue weighted by Gasteiger charge is 2.17. The highest BCUT2D eigenvalue weighted by atomic mass is 35.5. The number of rotatable bonds is 5. The van der Waals surface area contributed by atoms with E-state index >= 15 is 0 Å². The molecule has 0 amide bonds. The highest BCUT2D eigenvalue weighted by molar-refractivity contribution is 6.32. The number of methoxy groups -OCH3 is 1. The first-order valence-electron chi connectivity index (χ1n) is 6.42. The van der Waals surface area contributed by atoms with E-state index in [2.05, 4.69) is 0 Å². The van der Waals surface area contributed by atoms with E-state index in [1.165, 1.54) is 0 Å². The molecule has 1 aliphatic heterocycles. The minimum atomic E-state index is -0.0731. The van der Waals surface area contributed by atoms with Gasteiger partial charge >= 0.3 is 0 Å². The van der Waals surface area contributed by atoms with E-state index in [4.69, 9.17) is 30.9 Å². The maximum Gasteiger partial charge on any atom is 0.179 e. The molecule has 0 bridgehead atoms. The van der Waals surface area contributed by atoms with Gasteiger partial charge < -0.3 is 19.3 Å². The largest absolute Gasteiger partial charge is 0.493 e. The molecule has 1 aromatic carbocycles. The van der Waals surface area contributed by atoms with E-state index in [1.54, 1.807) is 19.2 Å². The third-order valence-corrected chi connectivity index (χ3v) is 3.56. The molecule has 2 rings (SSSR count). The molecule has 0 unspecified atom stereocenters. The first kappa shape index (κ1) is 14.4. The Bertz CT molecular complexity index is 416. The third kappa shape index (κ3) is 3.75. The van der Waals surface area contributed by atoms with Gasteiger partial charge in [0, 0.05) is 13.2 Å². The SMILES string of the molecule is COc1cc(CO)cc(Cl)c1OCC1CCOCC1. The zero-order valence-corrected chi connectivity index (χ0v) is 11.8. The van der Waals surface area contributed by atoms with Crippen LogP contribution in [0, 0.1) is 5.92 Å². The summed E-state index contributed by atoms with van der Waals surface area (Å²) < 4.78 is 16.4. The van der Waals surface area contributed by atoms with Crippen LogP contribution in [0.15, 0.2) is 12.1 Å². The molecular formula is C14H19ClO4. The molecule has 1 fully saturated rings. The van der Waals surface area contributed by atoms with E-state index < -0.39 is 0 Å². The molecule has 1 heterocycles. The molecule has 1 N–H and O–H groups in total.